The normalized spacial score (nSPS) is 19.9. The second-order valence-corrected chi connectivity index (χ2v) is 5.33. The van der Waals surface area contributed by atoms with E-state index in [-0.39, 0.29) is 17.5 Å². The Morgan fingerprint density at radius 3 is 2.55 bits per heavy atom. The summed E-state index contributed by atoms with van der Waals surface area (Å²) < 4.78 is 26.8. The smallest absolute Gasteiger partial charge is 0.254 e. The van der Waals surface area contributed by atoms with Crippen LogP contribution < -0.4 is 5.73 Å². The number of amides is 1. The number of carbonyl (C=O) groups is 1. The number of likely N-dealkylation sites (tertiary alicyclic amines) is 1. The highest BCUT2D eigenvalue weighted by Gasteiger charge is 2.26. The van der Waals surface area contributed by atoms with E-state index in [0.717, 1.165) is 38.1 Å². The van der Waals surface area contributed by atoms with Crippen LogP contribution in [0.15, 0.2) is 12.1 Å². The second kappa shape index (κ2) is 5.75. The van der Waals surface area contributed by atoms with Gasteiger partial charge in [0, 0.05) is 25.2 Å². The molecule has 6 heteroatoms. The van der Waals surface area contributed by atoms with Gasteiger partial charge in [-0.3, -0.25) is 4.79 Å². The van der Waals surface area contributed by atoms with E-state index in [1.54, 1.807) is 11.9 Å². The summed E-state index contributed by atoms with van der Waals surface area (Å²) in [6, 6.07) is 2.04. The maximum absolute atomic E-state index is 13.4. The molecule has 2 N–H and O–H groups in total. The summed E-state index contributed by atoms with van der Waals surface area (Å²) in [5, 5.41) is 0. The van der Waals surface area contributed by atoms with Crippen molar-refractivity contribution in [3.8, 4) is 0 Å². The molecule has 1 aliphatic heterocycles. The summed E-state index contributed by atoms with van der Waals surface area (Å²) in [5.41, 5.74) is 4.64. The number of nitrogens with two attached hydrogens (primary N) is 1. The van der Waals surface area contributed by atoms with E-state index in [1.807, 2.05) is 7.05 Å². The lowest BCUT2D eigenvalue weighted by molar-refractivity contribution is 0.0643. The van der Waals surface area contributed by atoms with E-state index in [1.165, 1.54) is 0 Å². The number of rotatable bonds is 2. The first kappa shape index (κ1) is 14.7. The Hall–Kier alpha value is -1.69. The molecule has 110 valence electrons. The number of nitrogens with zero attached hydrogens (tertiary/aromatic N) is 2. The topological polar surface area (TPSA) is 49.6 Å². The number of hydrogen-bond donors (Lipinski definition) is 1. The van der Waals surface area contributed by atoms with Crippen molar-refractivity contribution in [1.29, 1.82) is 0 Å². The van der Waals surface area contributed by atoms with Crippen LogP contribution in [0.1, 0.15) is 23.2 Å². The highest BCUT2D eigenvalue weighted by Crippen LogP contribution is 2.20. The molecule has 1 fully saturated rings. The van der Waals surface area contributed by atoms with E-state index >= 15 is 0 Å². The summed E-state index contributed by atoms with van der Waals surface area (Å²) in [6.07, 6.45) is 1.90. The number of anilines is 1. The number of hydrogen-bond acceptors (Lipinski definition) is 3. The van der Waals surface area contributed by atoms with Crippen molar-refractivity contribution in [3.05, 3.63) is 29.3 Å². The SMILES string of the molecule is CN1CCCC(N(C)C(=O)c2cc(F)c(N)c(F)c2)C1. The molecule has 1 aliphatic rings. The first-order chi connectivity index (χ1) is 9.40. The molecule has 0 aliphatic carbocycles. The Balaban J connectivity index is 2.18. The van der Waals surface area contributed by atoms with Gasteiger partial charge in [0.15, 0.2) is 0 Å². The van der Waals surface area contributed by atoms with Crippen molar-refractivity contribution in [2.75, 3.05) is 32.9 Å². The van der Waals surface area contributed by atoms with Gasteiger partial charge in [0.2, 0.25) is 0 Å². The third kappa shape index (κ3) is 2.90. The molecule has 1 heterocycles. The van der Waals surface area contributed by atoms with Crippen LogP contribution in [-0.2, 0) is 0 Å². The van der Waals surface area contributed by atoms with Gasteiger partial charge in [0.25, 0.3) is 5.91 Å². The van der Waals surface area contributed by atoms with Crippen molar-refractivity contribution in [2.24, 2.45) is 0 Å². The lowest BCUT2D eigenvalue weighted by Crippen LogP contribution is -2.47. The van der Waals surface area contributed by atoms with Gasteiger partial charge in [-0.05, 0) is 38.6 Å². The number of likely N-dealkylation sites (N-methyl/N-ethyl adjacent to an activating group) is 2. The fraction of sp³-hybridized carbons (Fsp3) is 0.500. The Bertz CT molecular complexity index is 498. The van der Waals surface area contributed by atoms with Crippen LogP contribution in [0.4, 0.5) is 14.5 Å². The molecule has 1 saturated heterocycles. The van der Waals surface area contributed by atoms with Gasteiger partial charge in [-0.1, -0.05) is 0 Å². The number of benzene rings is 1. The Labute approximate surface area is 117 Å². The fourth-order valence-corrected chi connectivity index (χ4v) is 2.53. The third-order valence-corrected chi connectivity index (χ3v) is 3.79. The lowest BCUT2D eigenvalue weighted by atomic mass is 10.0. The standard InChI is InChI=1S/C14H19F2N3O/c1-18-5-3-4-10(8-18)19(2)14(20)9-6-11(15)13(17)12(16)7-9/h6-7,10H,3-5,8,17H2,1-2H3. The fourth-order valence-electron chi connectivity index (χ4n) is 2.53. The van der Waals surface area contributed by atoms with Gasteiger partial charge in [0.05, 0.1) is 0 Å². The zero-order valence-electron chi connectivity index (χ0n) is 11.7. The predicted molar refractivity (Wildman–Crippen MR) is 73.4 cm³/mol. The quantitative estimate of drug-likeness (QED) is 0.841. The molecule has 0 bridgehead atoms. The molecule has 1 unspecified atom stereocenters. The first-order valence-electron chi connectivity index (χ1n) is 6.60. The van der Waals surface area contributed by atoms with E-state index < -0.39 is 17.3 Å². The van der Waals surface area contributed by atoms with Crippen molar-refractivity contribution >= 4 is 11.6 Å². The second-order valence-electron chi connectivity index (χ2n) is 5.33. The van der Waals surface area contributed by atoms with Gasteiger partial charge >= 0.3 is 0 Å². The third-order valence-electron chi connectivity index (χ3n) is 3.79. The highest BCUT2D eigenvalue weighted by molar-refractivity contribution is 5.94. The maximum Gasteiger partial charge on any atom is 0.254 e. The summed E-state index contributed by atoms with van der Waals surface area (Å²) in [4.78, 5) is 16.0. The van der Waals surface area contributed by atoms with Crippen LogP contribution in [0.3, 0.4) is 0 Å². The van der Waals surface area contributed by atoms with Crippen LogP contribution in [0.25, 0.3) is 0 Å². The monoisotopic (exact) mass is 283 g/mol. The molecular formula is C14H19F2N3O. The number of nitrogen functional groups attached to an aromatic ring is 1. The van der Waals surface area contributed by atoms with E-state index in [2.05, 4.69) is 4.90 Å². The van der Waals surface area contributed by atoms with Gasteiger partial charge in [-0.15, -0.1) is 0 Å². The minimum absolute atomic E-state index is 0.00933. The summed E-state index contributed by atoms with van der Waals surface area (Å²) in [6.45, 7) is 1.77. The molecule has 20 heavy (non-hydrogen) atoms. The minimum Gasteiger partial charge on any atom is -0.394 e. The zero-order chi connectivity index (χ0) is 14.9. The molecule has 0 saturated carbocycles. The average molecular weight is 283 g/mol. The number of piperidine rings is 1. The van der Waals surface area contributed by atoms with Crippen LogP contribution in [0.2, 0.25) is 0 Å². The van der Waals surface area contributed by atoms with Gasteiger partial charge in [-0.25, -0.2) is 8.78 Å². The van der Waals surface area contributed by atoms with E-state index in [4.69, 9.17) is 5.73 Å². The van der Waals surface area contributed by atoms with Crippen LogP contribution in [-0.4, -0.2) is 48.9 Å². The zero-order valence-corrected chi connectivity index (χ0v) is 11.7. The molecule has 0 spiro atoms. The number of halogens is 2. The van der Waals surface area contributed by atoms with Crippen LogP contribution in [0.5, 0.6) is 0 Å². The Morgan fingerprint density at radius 1 is 1.40 bits per heavy atom. The molecule has 4 nitrogen and oxygen atoms in total. The summed E-state index contributed by atoms with van der Waals surface area (Å²) in [7, 11) is 3.66. The van der Waals surface area contributed by atoms with Crippen molar-refractivity contribution in [1.82, 2.24) is 9.80 Å². The Kier molecular flexibility index (Phi) is 4.23. The molecule has 1 aromatic carbocycles. The van der Waals surface area contributed by atoms with Crippen molar-refractivity contribution in [3.63, 3.8) is 0 Å². The largest absolute Gasteiger partial charge is 0.394 e. The maximum atomic E-state index is 13.4. The molecule has 1 atom stereocenters. The van der Waals surface area contributed by atoms with Crippen LogP contribution >= 0.6 is 0 Å². The molecule has 1 aromatic rings. The van der Waals surface area contributed by atoms with E-state index in [0.29, 0.717) is 0 Å². The van der Waals surface area contributed by atoms with E-state index in [9.17, 15) is 13.6 Å². The molecule has 0 aromatic heterocycles. The molecular weight excluding hydrogens is 264 g/mol. The molecule has 0 radical (unpaired) electrons. The van der Waals surface area contributed by atoms with Gasteiger partial charge < -0.3 is 15.5 Å². The highest BCUT2D eigenvalue weighted by atomic mass is 19.1. The first-order valence-corrected chi connectivity index (χ1v) is 6.60. The van der Waals surface area contributed by atoms with Gasteiger partial charge in [-0.2, -0.15) is 0 Å². The predicted octanol–water partition coefficient (Wildman–Crippen LogP) is 1.71. The molecule has 1 amide bonds. The summed E-state index contributed by atoms with van der Waals surface area (Å²) >= 11 is 0. The van der Waals surface area contributed by atoms with Crippen molar-refractivity contribution in [2.45, 2.75) is 18.9 Å². The van der Waals surface area contributed by atoms with Crippen molar-refractivity contribution < 1.29 is 13.6 Å². The summed E-state index contributed by atoms with van der Waals surface area (Å²) in [5.74, 6) is -2.19. The average Bonchev–Trinajstić information content (AvgIpc) is 2.42. The van der Waals surface area contributed by atoms with Crippen LogP contribution in [0, 0.1) is 11.6 Å². The molecule has 2 rings (SSSR count). The number of carbonyl (C=O) groups excluding carboxylic acids is 1. The van der Waals surface area contributed by atoms with Gasteiger partial charge in [0.1, 0.15) is 17.3 Å². The lowest BCUT2D eigenvalue weighted by Gasteiger charge is -2.35. The Morgan fingerprint density at radius 2 is 2.00 bits per heavy atom. The minimum atomic E-state index is -0.900.